The van der Waals surface area contributed by atoms with E-state index in [-0.39, 0.29) is 24.4 Å². The number of benzene rings is 1. The molecule has 1 aromatic carbocycles. The van der Waals surface area contributed by atoms with Gasteiger partial charge < -0.3 is 22.0 Å². The fourth-order valence-electron chi connectivity index (χ4n) is 3.65. The molecule has 1 amide bonds. The largest absolute Gasteiger partial charge is 1.00 e. The van der Waals surface area contributed by atoms with Crippen molar-refractivity contribution in [1.82, 2.24) is 9.80 Å². The average Bonchev–Trinajstić information content (AvgIpc) is 2.57. The zero-order chi connectivity index (χ0) is 18.4. The summed E-state index contributed by atoms with van der Waals surface area (Å²) in [6.07, 6.45) is 3.68. The number of aryl methyl sites for hydroxylation is 2. The minimum absolute atomic E-state index is 0. The highest BCUT2D eigenvalue weighted by Crippen LogP contribution is 2.20. The van der Waals surface area contributed by atoms with Gasteiger partial charge in [-0.2, -0.15) is 0 Å². The first-order valence-electron chi connectivity index (χ1n) is 9.66. The predicted molar refractivity (Wildman–Crippen MR) is 103 cm³/mol. The molecular formula is C21H34ClN2O2-. The number of piperidine rings is 1. The number of likely N-dealkylation sites (N-methyl/N-ethyl adjacent to an activating group) is 1. The Balaban J connectivity index is 0.00000338. The molecule has 2 rings (SSSR count). The molecule has 5 heteroatoms. The summed E-state index contributed by atoms with van der Waals surface area (Å²) in [6.45, 7) is 13.3. The van der Waals surface area contributed by atoms with Crippen molar-refractivity contribution in [3.63, 3.8) is 0 Å². The van der Waals surface area contributed by atoms with Gasteiger partial charge in [0, 0.05) is 12.6 Å². The molecule has 0 radical (unpaired) electrons. The lowest BCUT2D eigenvalue weighted by Crippen LogP contribution is -3.00. The molecule has 0 spiro atoms. The Kier molecular flexibility index (Phi) is 9.45. The molecule has 1 saturated heterocycles. The van der Waals surface area contributed by atoms with E-state index in [2.05, 4.69) is 44.7 Å². The minimum atomic E-state index is 0. The summed E-state index contributed by atoms with van der Waals surface area (Å²) < 4.78 is 5.99. The summed E-state index contributed by atoms with van der Waals surface area (Å²) in [6, 6.07) is 6.79. The first-order chi connectivity index (χ1) is 11.9. The lowest BCUT2D eigenvalue weighted by molar-refractivity contribution is -0.135. The van der Waals surface area contributed by atoms with Crippen LogP contribution in [0.5, 0.6) is 5.75 Å². The van der Waals surface area contributed by atoms with Gasteiger partial charge in [0.25, 0.3) is 0 Å². The van der Waals surface area contributed by atoms with Crippen LogP contribution in [0.2, 0.25) is 0 Å². The summed E-state index contributed by atoms with van der Waals surface area (Å²) in [5.74, 6) is 1.12. The SMILES string of the molecule is CCN(C(=O)CN1CCCCC1C)C(C)COc1ccc(C)cc1C.[Cl-]. The Hall–Kier alpha value is -1.26. The number of halogens is 1. The van der Waals surface area contributed by atoms with E-state index in [9.17, 15) is 4.79 Å². The molecule has 0 bridgehead atoms. The molecule has 0 aromatic heterocycles. The Morgan fingerprint density at radius 3 is 2.69 bits per heavy atom. The number of amides is 1. The Labute approximate surface area is 165 Å². The molecule has 2 atom stereocenters. The van der Waals surface area contributed by atoms with Crippen molar-refractivity contribution in [3.05, 3.63) is 29.3 Å². The maximum atomic E-state index is 12.8. The van der Waals surface area contributed by atoms with Crippen LogP contribution in [-0.4, -0.2) is 54.0 Å². The standard InChI is InChI=1S/C21H34N2O2.ClH/c1-6-23(21(24)14-22-12-8-7-9-18(22)4)19(5)15-25-20-11-10-16(2)13-17(20)3;/h10-11,13,18-19H,6-9,12,14-15H2,1-5H3;1H/p-1. The van der Waals surface area contributed by atoms with Gasteiger partial charge in [0.1, 0.15) is 12.4 Å². The van der Waals surface area contributed by atoms with Crippen LogP contribution < -0.4 is 17.1 Å². The second-order valence-corrected chi connectivity index (χ2v) is 7.42. The third-order valence-corrected chi connectivity index (χ3v) is 5.28. The van der Waals surface area contributed by atoms with E-state index in [1.165, 1.54) is 24.8 Å². The third kappa shape index (κ3) is 6.17. The number of hydrogen-bond donors (Lipinski definition) is 0. The summed E-state index contributed by atoms with van der Waals surface area (Å²) in [7, 11) is 0. The maximum Gasteiger partial charge on any atom is 0.237 e. The van der Waals surface area contributed by atoms with Gasteiger partial charge in [0.05, 0.1) is 12.6 Å². The minimum Gasteiger partial charge on any atom is -1.00 e. The van der Waals surface area contributed by atoms with Crippen molar-refractivity contribution in [1.29, 1.82) is 0 Å². The van der Waals surface area contributed by atoms with Gasteiger partial charge in [0.2, 0.25) is 5.91 Å². The van der Waals surface area contributed by atoms with E-state index in [4.69, 9.17) is 4.74 Å². The van der Waals surface area contributed by atoms with Crippen molar-refractivity contribution in [3.8, 4) is 5.75 Å². The second kappa shape index (κ2) is 10.8. The zero-order valence-corrected chi connectivity index (χ0v) is 17.7. The maximum absolute atomic E-state index is 12.8. The fraction of sp³-hybridized carbons (Fsp3) is 0.667. The lowest BCUT2D eigenvalue weighted by Gasteiger charge is -2.35. The monoisotopic (exact) mass is 381 g/mol. The first-order valence-corrected chi connectivity index (χ1v) is 9.66. The molecule has 1 aliphatic heterocycles. The van der Waals surface area contributed by atoms with Gasteiger partial charge in [-0.25, -0.2) is 0 Å². The molecule has 1 aromatic rings. The van der Waals surface area contributed by atoms with Crippen molar-refractivity contribution in [2.75, 3.05) is 26.2 Å². The van der Waals surface area contributed by atoms with Gasteiger partial charge in [-0.1, -0.05) is 24.1 Å². The first kappa shape index (κ1) is 22.8. The topological polar surface area (TPSA) is 32.8 Å². The van der Waals surface area contributed by atoms with Crippen LogP contribution in [0.15, 0.2) is 18.2 Å². The molecule has 0 N–H and O–H groups in total. The van der Waals surface area contributed by atoms with Gasteiger partial charge in [-0.3, -0.25) is 9.69 Å². The highest BCUT2D eigenvalue weighted by molar-refractivity contribution is 5.78. The van der Waals surface area contributed by atoms with E-state index >= 15 is 0 Å². The second-order valence-electron chi connectivity index (χ2n) is 7.42. The van der Waals surface area contributed by atoms with Crippen molar-refractivity contribution in [2.45, 2.75) is 66.0 Å². The molecule has 1 fully saturated rings. The Morgan fingerprint density at radius 1 is 1.35 bits per heavy atom. The van der Waals surface area contributed by atoms with Crippen molar-refractivity contribution < 1.29 is 21.9 Å². The number of likely N-dealkylation sites (tertiary alicyclic amines) is 1. The molecule has 4 nitrogen and oxygen atoms in total. The van der Waals surface area contributed by atoms with E-state index in [0.717, 1.165) is 24.4 Å². The van der Waals surface area contributed by atoms with Crippen molar-refractivity contribution >= 4 is 5.91 Å². The van der Waals surface area contributed by atoms with Crippen LogP contribution in [0, 0.1) is 13.8 Å². The number of nitrogens with zero attached hydrogens (tertiary/aromatic N) is 2. The molecule has 0 saturated carbocycles. The normalized spacial score (nSPS) is 18.7. The zero-order valence-electron chi connectivity index (χ0n) is 16.9. The molecule has 26 heavy (non-hydrogen) atoms. The van der Waals surface area contributed by atoms with E-state index in [0.29, 0.717) is 19.2 Å². The van der Waals surface area contributed by atoms with Crippen LogP contribution in [-0.2, 0) is 4.79 Å². The Morgan fingerprint density at radius 2 is 2.08 bits per heavy atom. The van der Waals surface area contributed by atoms with Gasteiger partial charge in [-0.05, 0) is 65.6 Å². The van der Waals surface area contributed by atoms with Crippen LogP contribution in [0.1, 0.15) is 51.2 Å². The molecule has 0 aliphatic carbocycles. The van der Waals surface area contributed by atoms with E-state index in [1.54, 1.807) is 0 Å². The Bertz CT molecular complexity index is 579. The van der Waals surface area contributed by atoms with Crippen LogP contribution >= 0.6 is 0 Å². The number of carbonyl (C=O) groups is 1. The van der Waals surface area contributed by atoms with E-state index < -0.39 is 0 Å². The average molecular weight is 382 g/mol. The molecule has 1 aliphatic rings. The van der Waals surface area contributed by atoms with Gasteiger partial charge in [0.15, 0.2) is 0 Å². The van der Waals surface area contributed by atoms with E-state index in [1.807, 2.05) is 17.9 Å². The number of carbonyl (C=O) groups excluding carboxylic acids is 1. The molecule has 1 heterocycles. The molecule has 2 unspecified atom stereocenters. The summed E-state index contributed by atoms with van der Waals surface area (Å²) >= 11 is 0. The van der Waals surface area contributed by atoms with Crippen LogP contribution in [0.4, 0.5) is 0 Å². The van der Waals surface area contributed by atoms with Gasteiger partial charge in [-0.15, -0.1) is 0 Å². The summed E-state index contributed by atoms with van der Waals surface area (Å²) in [5, 5.41) is 0. The van der Waals surface area contributed by atoms with Crippen LogP contribution in [0.3, 0.4) is 0 Å². The van der Waals surface area contributed by atoms with Gasteiger partial charge >= 0.3 is 0 Å². The van der Waals surface area contributed by atoms with Crippen molar-refractivity contribution in [2.24, 2.45) is 0 Å². The highest BCUT2D eigenvalue weighted by Gasteiger charge is 2.25. The highest BCUT2D eigenvalue weighted by atomic mass is 35.5. The molecule has 148 valence electrons. The third-order valence-electron chi connectivity index (χ3n) is 5.28. The van der Waals surface area contributed by atoms with Crippen LogP contribution in [0.25, 0.3) is 0 Å². The quantitative estimate of drug-likeness (QED) is 0.700. The summed E-state index contributed by atoms with van der Waals surface area (Å²) in [4.78, 5) is 17.1. The number of hydrogen-bond acceptors (Lipinski definition) is 3. The number of ether oxygens (including phenoxy) is 1. The predicted octanol–water partition coefficient (Wildman–Crippen LogP) is 0.798. The number of rotatable bonds is 7. The summed E-state index contributed by atoms with van der Waals surface area (Å²) in [5.41, 5.74) is 2.38. The fourth-order valence-corrected chi connectivity index (χ4v) is 3.65. The molecular weight excluding hydrogens is 348 g/mol. The smallest absolute Gasteiger partial charge is 0.237 e. The lowest BCUT2D eigenvalue weighted by atomic mass is 10.0.